The third-order valence-electron chi connectivity index (χ3n) is 4.33. The molecule has 3 aromatic heterocycles. The number of furan rings is 1. The van der Waals surface area contributed by atoms with Gasteiger partial charge in [0.1, 0.15) is 17.0 Å². The number of nitrogens with zero attached hydrogens (tertiary/aromatic N) is 3. The van der Waals surface area contributed by atoms with Crippen molar-refractivity contribution in [2.45, 2.75) is 20.8 Å². The summed E-state index contributed by atoms with van der Waals surface area (Å²) in [5, 5.41) is 16.3. The van der Waals surface area contributed by atoms with Gasteiger partial charge in [-0.05, 0) is 56.2 Å². The minimum atomic E-state index is 0.504. The third kappa shape index (κ3) is 2.75. The number of benzene rings is 1. The Balaban J connectivity index is 1.72. The highest BCUT2D eigenvalue weighted by Crippen LogP contribution is 2.33. The first-order valence-electron chi connectivity index (χ1n) is 8.21. The molecule has 4 aromatic rings. The molecule has 0 spiro atoms. The fraction of sp³-hybridized carbons (Fsp3) is 0.150. The predicted molar refractivity (Wildman–Crippen MR) is 96.9 cm³/mol. The SMILES string of the molecule is Cc1cc(Oc2nccc3occc23)ccc1-c1c(C)c[n+]([O-])nc1C. The lowest BCUT2D eigenvalue weighted by atomic mass is 9.96. The molecule has 0 amide bonds. The van der Waals surface area contributed by atoms with Crippen LogP contribution in [-0.2, 0) is 0 Å². The van der Waals surface area contributed by atoms with Gasteiger partial charge < -0.3 is 14.4 Å². The largest absolute Gasteiger partial charge is 0.594 e. The number of fused-ring (bicyclic) bond motifs is 1. The van der Waals surface area contributed by atoms with Gasteiger partial charge in [0.05, 0.1) is 11.6 Å². The summed E-state index contributed by atoms with van der Waals surface area (Å²) < 4.78 is 11.3. The zero-order valence-electron chi connectivity index (χ0n) is 14.7. The average molecular weight is 347 g/mol. The molecule has 6 heteroatoms. The maximum atomic E-state index is 11.5. The lowest BCUT2D eigenvalue weighted by molar-refractivity contribution is -0.670. The fourth-order valence-electron chi connectivity index (χ4n) is 3.19. The van der Waals surface area contributed by atoms with Crippen molar-refractivity contribution in [3.63, 3.8) is 0 Å². The summed E-state index contributed by atoms with van der Waals surface area (Å²) in [4.78, 5) is 4.89. The third-order valence-corrected chi connectivity index (χ3v) is 4.33. The average Bonchev–Trinajstić information content (AvgIpc) is 3.05. The van der Waals surface area contributed by atoms with Gasteiger partial charge in [-0.2, -0.15) is 0 Å². The first-order valence-corrected chi connectivity index (χ1v) is 8.21. The lowest BCUT2D eigenvalue weighted by Gasteiger charge is -2.13. The molecule has 0 aliphatic rings. The van der Waals surface area contributed by atoms with Crippen molar-refractivity contribution in [3.8, 4) is 22.8 Å². The van der Waals surface area contributed by atoms with E-state index in [2.05, 4.69) is 10.1 Å². The quantitative estimate of drug-likeness (QED) is 0.409. The summed E-state index contributed by atoms with van der Waals surface area (Å²) in [5.41, 5.74) is 5.33. The molecule has 3 heterocycles. The molecule has 4 rings (SSSR count). The number of hydrogen-bond acceptors (Lipinski definition) is 5. The molecule has 6 nitrogen and oxygen atoms in total. The van der Waals surface area contributed by atoms with Gasteiger partial charge in [0, 0.05) is 22.4 Å². The van der Waals surface area contributed by atoms with Gasteiger partial charge in [-0.15, -0.1) is 0 Å². The molecular weight excluding hydrogens is 330 g/mol. The van der Waals surface area contributed by atoms with Crippen molar-refractivity contribution in [2.75, 3.05) is 0 Å². The van der Waals surface area contributed by atoms with Crippen molar-refractivity contribution in [3.05, 3.63) is 71.0 Å². The molecular formula is C20H17N3O3. The molecule has 130 valence electrons. The topological polar surface area (TPSA) is 75.1 Å². The van der Waals surface area contributed by atoms with Crippen LogP contribution in [-0.4, -0.2) is 10.1 Å². The van der Waals surface area contributed by atoms with Crippen LogP contribution in [0.25, 0.3) is 22.1 Å². The molecule has 0 bridgehead atoms. The Bertz CT molecular complexity index is 1100. The molecule has 0 fully saturated rings. The van der Waals surface area contributed by atoms with Crippen LogP contribution in [0.4, 0.5) is 0 Å². The van der Waals surface area contributed by atoms with Gasteiger partial charge in [0.2, 0.25) is 12.1 Å². The van der Waals surface area contributed by atoms with E-state index in [1.165, 1.54) is 6.20 Å². The zero-order valence-corrected chi connectivity index (χ0v) is 14.7. The van der Waals surface area contributed by atoms with Crippen molar-refractivity contribution in [2.24, 2.45) is 0 Å². The van der Waals surface area contributed by atoms with Gasteiger partial charge >= 0.3 is 0 Å². The standard InChI is InChI=1S/C20H17N3O3/c1-12-10-15(26-20-17-7-9-25-18(17)6-8-21-20)4-5-16(12)19-13(2)11-23(24)22-14(19)3/h4-11H,1-3H3. The molecule has 1 aromatic carbocycles. The van der Waals surface area contributed by atoms with E-state index in [-0.39, 0.29) is 0 Å². The lowest BCUT2D eigenvalue weighted by Crippen LogP contribution is -2.32. The smallest absolute Gasteiger partial charge is 0.230 e. The fourth-order valence-corrected chi connectivity index (χ4v) is 3.19. The number of pyridine rings is 1. The van der Waals surface area contributed by atoms with Gasteiger partial charge in [0.25, 0.3) is 0 Å². The molecule has 0 aliphatic carbocycles. The number of aryl methyl sites for hydroxylation is 3. The Labute approximate surface area is 150 Å². The summed E-state index contributed by atoms with van der Waals surface area (Å²) in [6.07, 6.45) is 4.75. The molecule has 0 saturated heterocycles. The molecule has 0 radical (unpaired) electrons. The van der Waals surface area contributed by atoms with Crippen LogP contribution in [0, 0.1) is 26.0 Å². The highest BCUT2D eigenvalue weighted by molar-refractivity contribution is 5.82. The van der Waals surface area contributed by atoms with Crippen molar-refractivity contribution in [1.29, 1.82) is 0 Å². The summed E-state index contributed by atoms with van der Waals surface area (Å²) in [6.45, 7) is 5.75. The van der Waals surface area contributed by atoms with Crippen molar-refractivity contribution >= 4 is 11.0 Å². The van der Waals surface area contributed by atoms with E-state index in [0.29, 0.717) is 22.2 Å². The van der Waals surface area contributed by atoms with E-state index in [4.69, 9.17) is 9.15 Å². The minimum Gasteiger partial charge on any atom is -0.594 e. The monoisotopic (exact) mass is 347 g/mol. The van der Waals surface area contributed by atoms with Crippen LogP contribution in [0.5, 0.6) is 11.6 Å². The van der Waals surface area contributed by atoms with E-state index in [0.717, 1.165) is 33.2 Å². The first-order chi connectivity index (χ1) is 12.5. The maximum absolute atomic E-state index is 11.5. The summed E-state index contributed by atoms with van der Waals surface area (Å²) in [6, 6.07) is 9.45. The summed E-state index contributed by atoms with van der Waals surface area (Å²) in [7, 11) is 0. The van der Waals surface area contributed by atoms with E-state index in [9.17, 15) is 5.21 Å². The highest BCUT2D eigenvalue weighted by Gasteiger charge is 2.15. The van der Waals surface area contributed by atoms with E-state index in [1.54, 1.807) is 18.5 Å². The number of hydrogen-bond donors (Lipinski definition) is 0. The predicted octanol–water partition coefficient (Wildman–Crippen LogP) is 4.24. The summed E-state index contributed by atoms with van der Waals surface area (Å²) >= 11 is 0. The number of ether oxygens (including phenoxy) is 1. The Morgan fingerprint density at radius 3 is 2.69 bits per heavy atom. The van der Waals surface area contributed by atoms with Crippen molar-refractivity contribution in [1.82, 2.24) is 10.1 Å². The van der Waals surface area contributed by atoms with Gasteiger partial charge in [0.15, 0.2) is 0 Å². The second-order valence-corrected chi connectivity index (χ2v) is 6.20. The Morgan fingerprint density at radius 1 is 1.08 bits per heavy atom. The van der Waals surface area contributed by atoms with Crippen LogP contribution >= 0.6 is 0 Å². The number of aromatic nitrogens is 3. The second-order valence-electron chi connectivity index (χ2n) is 6.20. The van der Waals surface area contributed by atoms with E-state index < -0.39 is 0 Å². The summed E-state index contributed by atoms with van der Waals surface area (Å²) in [5.74, 6) is 1.19. The van der Waals surface area contributed by atoms with Crippen molar-refractivity contribution < 1.29 is 14.0 Å². The first kappa shape index (κ1) is 16.1. The maximum Gasteiger partial charge on any atom is 0.230 e. The van der Waals surface area contributed by atoms with E-state index in [1.807, 2.05) is 45.0 Å². The molecule has 0 unspecified atom stereocenters. The molecule has 26 heavy (non-hydrogen) atoms. The minimum absolute atomic E-state index is 0.504. The van der Waals surface area contributed by atoms with Crippen LogP contribution in [0.15, 0.2) is 53.4 Å². The van der Waals surface area contributed by atoms with Crippen LogP contribution in [0.2, 0.25) is 0 Å². The zero-order chi connectivity index (χ0) is 18.3. The van der Waals surface area contributed by atoms with Crippen LogP contribution < -0.4 is 9.58 Å². The molecule has 0 atom stereocenters. The Morgan fingerprint density at radius 2 is 1.92 bits per heavy atom. The van der Waals surface area contributed by atoms with Crippen LogP contribution in [0.1, 0.15) is 16.8 Å². The molecule has 0 aliphatic heterocycles. The Hall–Kier alpha value is -3.41. The normalized spacial score (nSPS) is 11.0. The highest BCUT2D eigenvalue weighted by atomic mass is 16.5. The van der Waals surface area contributed by atoms with E-state index >= 15 is 0 Å². The molecule has 0 N–H and O–H groups in total. The van der Waals surface area contributed by atoms with Crippen LogP contribution in [0.3, 0.4) is 0 Å². The van der Waals surface area contributed by atoms with Gasteiger partial charge in [-0.25, -0.2) is 4.98 Å². The Kier molecular flexibility index (Phi) is 3.80. The van der Waals surface area contributed by atoms with Gasteiger partial charge in [-0.3, -0.25) is 0 Å². The van der Waals surface area contributed by atoms with Gasteiger partial charge in [-0.1, -0.05) is 10.9 Å². The molecule has 0 saturated carbocycles. The second kappa shape index (κ2) is 6.15. The number of rotatable bonds is 3.